The van der Waals surface area contributed by atoms with E-state index in [1.54, 1.807) is 24.3 Å². The number of aryl methyl sites for hydroxylation is 1. The Hall–Kier alpha value is -2.31. The Kier molecular flexibility index (Phi) is 5.17. The summed E-state index contributed by atoms with van der Waals surface area (Å²) in [6.07, 6.45) is 0. The maximum absolute atomic E-state index is 11.9. The lowest BCUT2D eigenvalue weighted by Gasteiger charge is -2.03. The van der Waals surface area contributed by atoms with Gasteiger partial charge < -0.3 is 9.73 Å². The Balaban J connectivity index is 1.58. The Morgan fingerprint density at radius 3 is 2.67 bits per heavy atom. The predicted molar refractivity (Wildman–Crippen MR) is 95.3 cm³/mol. The summed E-state index contributed by atoms with van der Waals surface area (Å²) in [6, 6.07) is 14.7. The van der Waals surface area contributed by atoms with Crippen molar-refractivity contribution in [3.8, 4) is 11.5 Å². The fourth-order valence-corrected chi connectivity index (χ4v) is 2.74. The number of benzene rings is 2. The molecule has 0 aliphatic heterocycles. The Bertz CT molecular complexity index is 849. The fourth-order valence-electron chi connectivity index (χ4n) is 2.05. The minimum absolute atomic E-state index is 0.155. The van der Waals surface area contributed by atoms with Gasteiger partial charge in [0.05, 0.1) is 5.75 Å². The number of carbonyl (C=O) groups excluding carboxylic acids is 1. The second-order valence-corrected chi connectivity index (χ2v) is 6.39. The van der Waals surface area contributed by atoms with Crippen molar-refractivity contribution < 1.29 is 9.21 Å². The van der Waals surface area contributed by atoms with Crippen LogP contribution in [-0.4, -0.2) is 21.9 Å². The first-order valence-corrected chi connectivity index (χ1v) is 8.56. The SMILES string of the molecule is Cc1ccccc1-c1nnc(SCC(=O)Nc2ccc(Cl)cc2)o1. The first-order chi connectivity index (χ1) is 11.6. The number of thioether (sulfide) groups is 1. The van der Waals surface area contributed by atoms with Crippen LogP contribution in [-0.2, 0) is 4.79 Å². The van der Waals surface area contributed by atoms with Crippen LogP contribution in [0.5, 0.6) is 0 Å². The third-order valence-electron chi connectivity index (χ3n) is 3.24. The summed E-state index contributed by atoms with van der Waals surface area (Å²) in [5, 5.41) is 11.8. The number of nitrogens with zero attached hydrogens (tertiary/aromatic N) is 2. The molecule has 0 spiro atoms. The predicted octanol–water partition coefficient (Wildman–Crippen LogP) is 4.43. The highest BCUT2D eigenvalue weighted by molar-refractivity contribution is 7.99. The minimum Gasteiger partial charge on any atom is -0.411 e. The van der Waals surface area contributed by atoms with Crippen molar-refractivity contribution in [1.82, 2.24) is 10.2 Å². The molecule has 0 bridgehead atoms. The molecular weight excluding hydrogens is 346 g/mol. The average molecular weight is 360 g/mol. The third kappa shape index (κ3) is 4.15. The van der Waals surface area contributed by atoms with Crippen LogP contribution in [0.2, 0.25) is 5.02 Å². The molecule has 122 valence electrons. The van der Waals surface area contributed by atoms with Crippen LogP contribution in [0.1, 0.15) is 5.56 Å². The minimum atomic E-state index is -0.155. The van der Waals surface area contributed by atoms with Crippen LogP contribution in [0, 0.1) is 6.92 Å². The van der Waals surface area contributed by atoms with E-state index in [0.29, 0.717) is 21.8 Å². The molecule has 1 heterocycles. The van der Waals surface area contributed by atoms with Crippen LogP contribution >= 0.6 is 23.4 Å². The van der Waals surface area contributed by atoms with E-state index in [9.17, 15) is 4.79 Å². The fraction of sp³-hybridized carbons (Fsp3) is 0.118. The van der Waals surface area contributed by atoms with Gasteiger partial charge in [0, 0.05) is 16.3 Å². The largest absolute Gasteiger partial charge is 0.411 e. The highest BCUT2D eigenvalue weighted by Crippen LogP contribution is 2.25. The third-order valence-corrected chi connectivity index (χ3v) is 4.31. The van der Waals surface area contributed by atoms with E-state index < -0.39 is 0 Å². The molecule has 1 amide bonds. The Labute approximate surface area is 148 Å². The summed E-state index contributed by atoms with van der Waals surface area (Å²) in [5.74, 6) is 0.476. The van der Waals surface area contributed by atoms with Gasteiger partial charge in [-0.25, -0.2) is 0 Å². The first-order valence-electron chi connectivity index (χ1n) is 7.19. The van der Waals surface area contributed by atoms with E-state index in [1.807, 2.05) is 31.2 Å². The molecule has 0 saturated carbocycles. The van der Waals surface area contributed by atoms with E-state index in [0.717, 1.165) is 11.1 Å². The number of anilines is 1. The van der Waals surface area contributed by atoms with Gasteiger partial charge in [-0.2, -0.15) is 0 Å². The van der Waals surface area contributed by atoms with E-state index in [4.69, 9.17) is 16.0 Å². The molecule has 0 saturated heterocycles. The summed E-state index contributed by atoms with van der Waals surface area (Å²) in [7, 11) is 0. The zero-order valence-corrected chi connectivity index (χ0v) is 14.4. The monoisotopic (exact) mass is 359 g/mol. The maximum atomic E-state index is 11.9. The quantitative estimate of drug-likeness (QED) is 0.682. The average Bonchev–Trinajstić information content (AvgIpc) is 3.04. The highest BCUT2D eigenvalue weighted by Gasteiger charge is 2.12. The molecule has 0 unspecified atom stereocenters. The number of carbonyl (C=O) groups is 1. The van der Waals surface area contributed by atoms with Crippen LogP contribution in [0.4, 0.5) is 5.69 Å². The second-order valence-electron chi connectivity index (χ2n) is 5.03. The summed E-state index contributed by atoms with van der Waals surface area (Å²) in [4.78, 5) is 11.9. The molecule has 0 atom stereocenters. The smallest absolute Gasteiger partial charge is 0.277 e. The van der Waals surface area contributed by atoms with Crippen LogP contribution < -0.4 is 5.32 Å². The van der Waals surface area contributed by atoms with E-state index in [-0.39, 0.29) is 11.7 Å². The Morgan fingerprint density at radius 2 is 1.92 bits per heavy atom. The van der Waals surface area contributed by atoms with Crippen LogP contribution in [0.25, 0.3) is 11.5 Å². The van der Waals surface area contributed by atoms with Gasteiger partial charge in [0.15, 0.2) is 0 Å². The van der Waals surface area contributed by atoms with Crippen molar-refractivity contribution in [2.24, 2.45) is 0 Å². The molecule has 5 nitrogen and oxygen atoms in total. The van der Waals surface area contributed by atoms with Gasteiger partial charge in [-0.15, -0.1) is 10.2 Å². The summed E-state index contributed by atoms with van der Waals surface area (Å²) >= 11 is 7.00. The molecular formula is C17H14ClN3O2S. The van der Waals surface area contributed by atoms with E-state index >= 15 is 0 Å². The number of rotatable bonds is 5. The number of hydrogen-bond donors (Lipinski definition) is 1. The summed E-state index contributed by atoms with van der Waals surface area (Å²) in [5.41, 5.74) is 2.64. The zero-order chi connectivity index (χ0) is 16.9. The lowest BCUT2D eigenvalue weighted by Crippen LogP contribution is -2.13. The Morgan fingerprint density at radius 1 is 1.17 bits per heavy atom. The molecule has 7 heteroatoms. The van der Waals surface area contributed by atoms with Crippen molar-refractivity contribution in [3.05, 3.63) is 59.1 Å². The molecule has 1 N–H and O–H groups in total. The van der Waals surface area contributed by atoms with Crippen molar-refractivity contribution in [3.63, 3.8) is 0 Å². The maximum Gasteiger partial charge on any atom is 0.277 e. The molecule has 1 aromatic heterocycles. The van der Waals surface area contributed by atoms with Gasteiger partial charge in [-0.05, 0) is 42.8 Å². The van der Waals surface area contributed by atoms with E-state index in [1.165, 1.54) is 11.8 Å². The standard InChI is InChI=1S/C17H14ClN3O2S/c1-11-4-2-3-5-14(11)16-20-21-17(23-16)24-10-15(22)19-13-8-6-12(18)7-9-13/h2-9H,10H2,1H3,(H,19,22). The molecule has 3 rings (SSSR count). The van der Waals surface area contributed by atoms with Crippen LogP contribution in [0.15, 0.2) is 58.2 Å². The number of amides is 1. The van der Waals surface area contributed by atoms with Crippen molar-refractivity contribution in [1.29, 1.82) is 0 Å². The molecule has 0 aliphatic rings. The zero-order valence-electron chi connectivity index (χ0n) is 12.8. The van der Waals surface area contributed by atoms with Gasteiger partial charge in [0.25, 0.3) is 5.22 Å². The topological polar surface area (TPSA) is 68.0 Å². The van der Waals surface area contributed by atoms with Gasteiger partial charge >= 0.3 is 0 Å². The highest BCUT2D eigenvalue weighted by atomic mass is 35.5. The lowest BCUT2D eigenvalue weighted by molar-refractivity contribution is -0.113. The second kappa shape index (κ2) is 7.51. The lowest BCUT2D eigenvalue weighted by atomic mass is 10.1. The van der Waals surface area contributed by atoms with Gasteiger partial charge in [0.1, 0.15) is 0 Å². The molecule has 3 aromatic rings. The number of halogens is 1. The summed E-state index contributed by atoms with van der Waals surface area (Å²) < 4.78 is 5.61. The first kappa shape index (κ1) is 16.5. The van der Waals surface area contributed by atoms with Gasteiger partial charge in [0.2, 0.25) is 11.8 Å². The van der Waals surface area contributed by atoms with Crippen LogP contribution in [0.3, 0.4) is 0 Å². The van der Waals surface area contributed by atoms with E-state index in [2.05, 4.69) is 15.5 Å². The molecule has 0 fully saturated rings. The number of nitrogens with one attached hydrogen (secondary N) is 1. The summed E-state index contributed by atoms with van der Waals surface area (Å²) in [6.45, 7) is 1.98. The molecule has 0 radical (unpaired) electrons. The van der Waals surface area contributed by atoms with Crippen molar-refractivity contribution in [2.75, 3.05) is 11.1 Å². The van der Waals surface area contributed by atoms with Gasteiger partial charge in [-0.3, -0.25) is 4.79 Å². The molecule has 0 aliphatic carbocycles. The number of hydrogen-bond acceptors (Lipinski definition) is 5. The van der Waals surface area contributed by atoms with Crippen molar-refractivity contribution in [2.45, 2.75) is 12.1 Å². The normalized spacial score (nSPS) is 10.6. The number of aromatic nitrogens is 2. The van der Waals surface area contributed by atoms with Crippen molar-refractivity contribution >= 4 is 35.0 Å². The molecule has 24 heavy (non-hydrogen) atoms. The van der Waals surface area contributed by atoms with Gasteiger partial charge in [-0.1, -0.05) is 41.6 Å². The molecule has 2 aromatic carbocycles.